The van der Waals surface area contributed by atoms with E-state index in [1.807, 2.05) is 0 Å². The van der Waals surface area contributed by atoms with E-state index >= 15 is 0 Å². The first-order valence-electron chi connectivity index (χ1n) is 5.77. The number of hydrogen-bond acceptors (Lipinski definition) is 2. The molecule has 0 spiro atoms. The Morgan fingerprint density at radius 2 is 1.72 bits per heavy atom. The molecule has 1 aliphatic rings. The summed E-state index contributed by atoms with van der Waals surface area (Å²) >= 11 is 0. The van der Waals surface area contributed by atoms with Crippen LogP contribution in [0.4, 0.5) is 4.39 Å². The fourth-order valence-corrected chi connectivity index (χ4v) is 3.47. The van der Waals surface area contributed by atoms with Crippen molar-refractivity contribution in [2.75, 3.05) is 0 Å². The van der Waals surface area contributed by atoms with Crippen molar-refractivity contribution in [1.82, 2.24) is 4.72 Å². The molecule has 0 heterocycles. The second-order valence-electron chi connectivity index (χ2n) is 4.49. The standard InChI is InChI=1S/C13H12FNO2S/c14-12-7-8-13(11-4-2-1-3-10(11)12)18(16,17)15-9-5-6-9/h1-4,7-9,15H,5-6H2. The Bertz CT molecular complexity index is 708. The Hall–Kier alpha value is -1.46. The van der Waals surface area contributed by atoms with Crippen molar-refractivity contribution in [2.45, 2.75) is 23.8 Å². The van der Waals surface area contributed by atoms with Crippen LogP contribution >= 0.6 is 0 Å². The lowest BCUT2D eigenvalue weighted by molar-refractivity contribution is 0.581. The van der Waals surface area contributed by atoms with Crippen molar-refractivity contribution >= 4 is 20.8 Å². The van der Waals surface area contributed by atoms with Crippen LogP contribution in [0, 0.1) is 5.82 Å². The van der Waals surface area contributed by atoms with Gasteiger partial charge in [0.25, 0.3) is 0 Å². The van der Waals surface area contributed by atoms with E-state index in [1.165, 1.54) is 12.1 Å². The maximum absolute atomic E-state index is 13.6. The fraction of sp³-hybridized carbons (Fsp3) is 0.231. The number of nitrogens with one attached hydrogen (secondary N) is 1. The third kappa shape index (κ3) is 2.00. The first-order chi connectivity index (χ1) is 8.58. The van der Waals surface area contributed by atoms with Gasteiger partial charge in [-0.05, 0) is 25.0 Å². The van der Waals surface area contributed by atoms with E-state index in [0.717, 1.165) is 12.8 Å². The molecule has 1 fully saturated rings. The average molecular weight is 265 g/mol. The van der Waals surface area contributed by atoms with Crippen LogP contribution in [0.15, 0.2) is 41.3 Å². The lowest BCUT2D eigenvalue weighted by Crippen LogP contribution is -2.25. The lowest BCUT2D eigenvalue weighted by atomic mass is 10.1. The van der Waals surface area contributed by atoms with E-state index in [1.54, 1.807) is 24.3 Å². The summed E-state index contributed by atoms with van der Waals surface area (Å²) in [7, 11) is -3.56. The fourth-order valence-electron chi connectivity index (χ4n) is 1.95. The topological polar surface area (TPSA) is 46.2 Å². The van der Waals surface area contributed by atoms with Crippen LogP contribution in [0.2, 0.25) is 0 Å². The van der Waals surface area contributed by atoms with Gasteiger partial charge in [0, 0.05) is 16.8 Å². The quantitative estimate of drug-likeness (QED) is 0.926. The molecule has 5 heteroatoms. The Kier molecular flexibility index (Phi) is 2.60. The minimum Gasteiger partial charge on any atom is -0.208 e. The van der Waals surface area contributed by atoms with Crippen LogP contribution in [-0.4, -0.2) is 14.5 Å². The van der Waals surface area contributed by atoms with E-state index in [4.69, 9.17) is 0 Å². The van der Waals surface area contributed by atoms with Gasteiger partial charge in [-0.25, -0.2) is 17.5 Å². The van der Waals surface area contributed by atoms with Gasteiger partial charge in [-0.3, -0.25) is 0 Å². The van der Waals surface area contributed by atoms with Crippen LogP contribution in [0.25, 0.3) is 10.8 Å². The first-order valence-corrected chi connectivity index (χ1v) is 7.26. The van der Waals surface area contributed by atoms with Gasteiger partial charge in [-0.15, -0.1) is 0 Å². The summed E-state index contributed by atoms with van der Waals surface area (Å²) in [5.41, 5.74) is 0. The van der Waals surface area contributed by atoms with Crippen molar-refractivity contribution in [3.63, 3.8) is 0 Å². The van der Waals surface area contributed by atoms with Crippen LogP contribution in [0.3, 0.4) is 0 Å². The van der Waals surface area contributed by atoms with Gasteiger partial charge in [0.2, 0.25) is 10.0 Å². The van der Waals surface area contributed by atoms with Gasteiger partial charge in [0.05, 0.1) is 4.90 Å². The first kappa shape index (κ1) is 11.6. The number of hydrogen-bond donors (Lipinski definition) is 1. The number of sulfonamides is 1. The van der Waals surface area contributed by atoms with Gasteiger partial charge in [-0.2, -0.15) is 0 Å². The van der Waals surface area contributed by atoms with Crippen LogP contribution in [0.1, 0.15) is 12.8 Å². The molecule has 0 radical (unpaired) electrons. The summed E-state index contributed by atoms with van der Waals surface area (Å²) in [6.07, 6.45) is 1.75. The van der Waals surface area contributed by atoms with Crippen LogP contribution < -0.4 is 4.72 Å². The molecule has 2 aromatic carbocycles. The molecule has 0 aromatic heterocycles. The molecule has 0 bridgehead atoms. The molecule has 94 valence electrons. The summed E-state index contributed by atoms with van der Waals surface area (Å²) in [4.78, 5) is 0.145. The second kappa shape index (κ2) is 4.03. The van der Waals surface area contributed by atoms with Gasteiger partial charge >= 0.3 is 0 Å². The third-order valence-corrected chi connectivity index (χ3v) is 4.60. The highest BCUT2D eigenvalue weighted by atomic mass is 32.2. The molecule has 3 nitrogen and oxygen atoms in total. The van der Waals surface area contributed by atoms with Crippen molar-refractivity contribution in [1.29, 1.82) is 0 Å². The average Bonchev–Trinajstić information content (AvgIpc) is 3.12. The number of fused-ring (bicyclic) bond motifs is 1. The predicted octanol–water partition coefficient (Wildman–Crippen LogP) is 2.42. The monoisotopic (exact) mass is 265 g/mol. The molecule has 2 aromatic rings. The van der Waals surface area contributed by atoms with E-state index in [9.17, 15) is 12.8 Å². The molecular weight excluding hydrogens is 253 g/mol. The molecule has 0 amide bonds. The summed E-state index contributed by atoms with van der Waals surface area (Å²) in [6.45, 7) is 0. The van der Waals surface area contributed by atoms with Crippen LogP contribution in [0.5, 0.6) is 0 Å². The summed E-state index contributed by atoms with van der Waals surface area (Å²) < 4.78 is 40.6. The lowest BCUT2D eigenvalue weighted by Gasteiger charge is -2.09. The predicted molar refractivity (Wildman–Crippen MR) is 67.2 cm³/mol. The smallest absolute Gasteiger partial charge is 0.208 e. The minimum atomic E-state index is -3.56. The molecule has 3 rings (SSSR count). The molecule has 0 unspecified atom stereocenters. The van der Waals surface area contributed by atoms with Gasteiger partial charge < -0.3 is 0 Å². The van der Waals surface area contributed by atoms with Crippen molar-refractivity contribution in [3.8, 4) is 0 Å². The Morgan fingerprint density at radius 1 is 1.06 bits per heavy atom. The summed E-state index contributed by atoms with van der Waals surface area (Å²) in [6, 6.07) is 9.17. The largest absolute Gasteiger partial charge is 0.241 e. The molecule has 0 saturated heterocycles. The third-order valence-electron chi connectivity index (χ3n) is 3.02. The Balaban J connectivity index is 2.20. The van der Waals surface area contributed by atoms with Crippen molar-refractivity contribution < 1.29 is 12.8 Å². The zero-order chi connectivity index (χ0) is 12.8. The zero-order valence-corrected chi connectivity index (χ0v) is 10.4. The SMILES string of the molecule is O=S(=O)(NC1CC1)c1ccc(F)c2ccccc12. The van der Waals surface area contributed by atoms with Gasteiger partial charge in [-0.1, -0.05) is 24.3 Å². The normalized spacial score (nSPS) is 16.1. The van der Waals surface area contributed by atoms with E-state index in [2.05, 4.69) is 4.72 Å². The molecule has 0 aliphatic heterocycles. The van der Waals surface area contributed by atoms with Crippen molar-refractivity contribution in [3.05, 3.63) is 42.2 Å². The molecule has 18 heavy (non-hydrogen) atoms. The Labute approximate surface area is 105 Å². The number of rotatable bonds is 3. The molecule has 1 aliphatic carbocycles. The van der Waals surface area contributed by atoms with E-state index in [0.29, 0.717) is 10.8 Å². The van der Waals surface area contributed by atoms with Gasteiger partial charge in [0.1, 0.15) is 5.82 Å². The van der Waals surface area contributed by atoms with E-state index in [-0.39, 0.29) is 10.9 Å². The molecule has 1 saturated carbocycles. The van der Waals surface area contributed by atoms with E-state index < -0.39 is 15.8 Å². The molecule has 0 atom stereocenters. The highest BCUT2D eigenvalue weighted by Crippen LogP contribution is 2.27. The number of benzene rings is 2. The van der Waals surface area contributed by atoms with Crippen LogP contribution in [-0.2, 0) is 10.0 Å². The number of halogens is 1. The highest BCUT2D eigenvalue weighted by Gasteiger charge is 2.29. The summed E-state index contributed by atoms with van der Waals surface area (Å²) in [5, 5.41) is 0.752. The maximum Gasteiger partial charge on any atom is 0.241 e. The van der Waals surface area contributed by atoms with Crippen molar-refractivity contribution in [2.24, 2.45) is 0 Å². The highest BCUT2D eigenvalue weighted by molar-refractivity contribution is 7.89. The zero-order valence-electron chi connectivity index (χ0n) is 9.56. The van der Waals surface area contributed by atoms with Gasteiger partial charge in [0.15, 0.2) is 0 Å². The maximum atomic E-state index is 13.6. The Morgan fingerprint density at radius 3 is 2.39 bits per heavy atom. The minimum absolute atomic E-state index is 0.0406. The summed E-state index contributed by atoms with van der Waals surface area (Å²) in [5.74, 6) is -0.407. The molecular formula is C13H12FNO2S. The second-order valence-corrected chi connectivity index (χ2v) is 6.17. The molecule has 1 N–H and O–H groups in total.